The maximum absolute atomic E-state index is 12.2. The smallest absolute Gasteiger partial charge is 0.234 e. The molecule has 1 aliphatic heterocycles. The van der Waals surface area contributed by atoms with Gasteiger partial charge in [-0.25, -0.2) is 0 Å². The average molecular weight is 358 g/mol. The van der Waals surface area contributed by atoms with E-state index in [1.165, 1.54) is 0 Å². The van der Waals surface area contributed by atoms with Crippen LogP contribution < -0.4 is 11.1 Å². The van der Waals surface area contributed by atoms with Crippen LogP contribution in [0.15, 0.2) is 18.2 Å². The molecule has 0 aromatic heterocycles. The van der Waals surface area contributed by atoms with E-state index in [4.69, 9.17) is 28.9 Å². The molecule has 1 saturated heterocycles. The molecule has 1 aliphatic rings. The summed E-state index contributed by atoms with van der Waals surface area (Å²) in [6.07, 6.45) is 1.67. The van der Waals surface area contributed by atoms with Gasteiger partial charge in [0.05, 0.1) is 18.5 Å². The average Bonchev–Trinajstić information content (AvgIpc) is 2.47. The Morgan fingerprint density at radius 1 is 1.43 bits per heavy atom. The van der Waals surface area contributed by atoms with Gasteiger partial charge in [0, 0.05) is 16.6 Å². The molecule has 0 aliphatic carbocycles. The number of piperidine rings is 1. The van der Waals surface area contributed by atoms with Gasteiger partial charge in [0.25, 0.3) is 0 Å². The highest BCUT2D eigenvalue weighted by molar-refractivity contribution is 6.35. The van der Waals surface area contributed by atoms with Crippen molar-refractivity contribution in [2.45, 2.75) is 25.8 Å². The Morgan fingerprint density at radius 3 is 2.83 bits per heavy atom. The van der Waals surface area contributed by atoms with Crippen molar-refractivity contribution in [3.8, 4) is 0 Å². The van der Waals surface area contributed by atoms with Crippen LogP contribution in [0.3, 0.4) is 0 Å². The summed E-state index contributed by atoms with van der Waals surface area (Å²) in [5.41, 5.74) is 6.17. The van der Waals surface area contributed by atoms with Crippen molar-refractivity contribution < 1.29 is 9.59 Å². The largest absolute Gasteiger partial charge is 0.369 e. The van der Waals surface area contributed by atoms with Crippen LogP contribution in [-0.4, -0.2) is 36.3 Å². The van der Waals surface area contributed by atoms with Crippen LogP contribution >= 0.6 is 23.2 Å². The number of hydrogen-bond donors (Lipinski definition) is 2. The first-order chi connectivity index (χ1) is 10.9. The zero-order valence-electron chi connectivity index (χ0n) is 13.0. The zero-order valence-corrected chi connectivity index (χ0v) is 14.5. The lowest BCUT2D eigenvalue weighted by molar-refractivity contribution is -0.127. The Labute approximate surface area is 146 Å². The molecular weight excluding hydrogens is 337 g/mol. The number of carbonyl (C=O) groups is 2. The van der Waals surface area contributed by atoms with Gasteiger partial charge in [0.15, 0.2) is 0 Å². The maximum atomic E-state index is 12.2. The summed E-state index contributed by atoms with van der Waals surface area (Å²) >= 11 is 12.0. The van der Waals surface area contributed by atoms with Crippen molar-refractivity contribution in [2.24, 2.45) is 11.7 Å². The van der Waals surface area contributed by atoms with E-state index in [0.717, 1.165) is 24.9 Å². The molecule has 7 heteroatoms. The number of rotatable bonds is 5. The van der Waals surface area contributed by atoms with E-state index in [-0.39, 0.29) is 30.3 Å². The normalized spacial score (nSPS) is 20.0. The molecule has 0 unspecified atom stereocenters. The summed E-state index contributed by atoms with van der Waals surface area (Å²) in [7, 11) is 0. The highest BCUT2D eigenvalue weighted by Gasteiger charge is 2.25. The minimum Gasteiger partial charge on any atom is -0.369 e. The number of primary amides is 1. The molecule has 0 spiro atoms. The van der Waals surface area contributed by atoms with Gasteiger partial charge in [0.1, 0.15) is 0 Å². The number of nitrogens with zero attached hydrogens (tertiary/aromatic N) is 1. The van der Waals surface area contributed by atoms with Gasteiger partial charge in [-0.1, -0.05) is 29.3 Å². The Morgan fingerprint density at radius 2 is 2.17 bits per heavy atom. The standard InChI is InChI=1S/C16H21Cl2N3O2/c1-10(13-5-4-12(17)7-14(13)18)20-15(22)9-21-6-2-3-11(8-21)16(19)23/h4-5,7,10-11H,2-3,6,8-9H2,1H3,(H2,19,23)(H,20,22)/t10-,11+/m1/s1. The summed E-state index contributed by atoms with van der Waals surface area (Å²) in [5.74, 6) is -0.565. The number of carbonyl (C=O) groups excluding carboxylic acids is 2. The Kier molecular flexibility index (Phi) is 6.27. The van der Waals surface area contributed by atoms with Crippen molar-refractivity contribution in [1.29, 1.82) is 0 Å². The van der Waals surface area contributed by atoms with Gasteiger partial charge < -0.3 is 11.1 Å². The zero-order chi connectivity index (χ0) is 17.0. The van der Waals surface area contributed by atoms with Crippen LogP contribution in [0.2, 0.25) is 10.0 Å². The highest BCUT2D eigenvalue weighted by Crippen LogP contribution is 2.26. The number of likely N-dealkylation sites (tertiary alicyclic amines) is 1. The maximum Gasteiger partial charge on any atom is 0.234 e. The van der Waals surface area contributed by atoms with Crippen LogP contribution in [-0.2, 0) is 9.59 Å². The molecule has 2 rings (SSSR count). The lowest BCUT2D eigenvalue weighted by Gasteiger charge is -2.30. The molecule has 1 fully saturated rings. The number of halogens is 2. The monoisotopic (exact) mass is 357 g/mol. The first-order valence-electron chi connectivity index (χ1n) is 7.63. The molecule has 1 heterocycles. The van der Waals surface area contributed by atoms with Crippen molar-refractivity contribution in [2.75, 3.05) is 19.6 Å². The summed E-state index contributed by atoms with van der Waals surface area (Å²) < 4.78 is 0. The van der Waals surface area contributed by atoms with Gasteiger partial charge in [-0.3, -0.25) is 14.5 Å². The van der Waals surface area contributed by atoms with E-state index < -0.39 is 0 Å². The molecule has 2 atom stereocenters. The second-order valence-corrected chi connectivity index (χ2v) is 6.78. The van der Waals surface area contributed by atoms with E-state index >= 15 is 0 Å². The summed E-state index contributed by atoms with van der Waals surface area (Å²) in [6, 6.07) is 4.99. The fourth-order valence-electron chi connectivity index (χ4n) is 2.85. The van der Waals surface area contributed by atoms with Gasteiger partial charge in [-0.2, -0.15) is 0 Å². The van der Waals surface area contributed by atoms with Crippen molar-refractivity contribution in [3.63, 3.8) is 0 Å². The van der Waals surface area contributed by atoms with Crippen molar-refractivity contribution in [1.82, 2.24) is 10.2 Å². The minimum atomic E-state index is -0.295. The van der Waals surface area contributed by atoms with Gasteiger partial charge in [-0.05, 0) is 44.0 Å². The third-order valence-electron chi connectivity index (χ3n) is 4.08. The van der Waals surface area contributed by atoms with Gasteiger partial charge in [-0.15, -0.1) is 0 Å². The van der Waals surface area contributed by atoms with Crippen LogP contribution in [0.5, 0.6) is 0 Å². The van der Waals surface area contributed by atoms with Crippen molar-refractivity contribution >= 4 is 35.0 Å². The molecule has 0 bridgehead atoms. The van der Waals surface area contributed by atoms with E-state index in [1.807, 2.05) is 11.8 Å². The second-order valence-electron chi connectivity index (χ2n) is 5.93. The lowest BCUT2D eigenvalue weighted by Crippen LogP contribution is -2.45. The molecule has 1 aromatic rings. The number of nitrogens with two attached hydrogens (primary N) is 1. The molecule has 0 radical (unpaired) electrons. The topological polar surface area (TPSA) is 75.4 Å². The fourth-order valence-corrected chi connectivity index (χ4v) is 3.42. The molecule has 5 nitrogen and oxygen atoms in total. The predicted molar refractivity (Wildman–Crippen MR) is 91.4 cm³/mol. The predicted octanol–water partition coefficient (Wildman–Crippen LogP) is 2.37. The van der Waals surface area contributed by atoms with Crippen LogP contribution in [0.25, 0.3) is 0 Å². The Bertz CT molecular complexity index is 595. The SMILES string of the molecule is C[C@@H](NC(=O)CN1CCC[C@H](C(N)=O)C1)c1ccc(Cl)cc1Cl. The molecule has 126 valence electrons. The molecule has 2 amide bonds. The fraction of sp³-hybridized carbons (Fsp3) is 0.500. The number of amides is 2. The number of hydrogen-bond acceptors (Lipinski definition) is 3. The van der Waals surface area contributed by atoms with E-state index in [0.29, 0.717) is 16.6 Å². The first kappa shape index (κ1) is 18.0. The van der Waals surface area contributed by atoms with Crippen molar-refractivity contribution in [3.05, 3.63) is 33.8 Å². The van der Waals surface area contributed by atoms with Crippen LogP contribution in [0, 0.1) is 5.92 Å². The Balaban J connectivity index is 1.90. The lowest BCUT2D eigenvalue weighted by atomic mass is 9.97. The molecule has 0 saturated carbocycles. The summed E-state index contributed by atoms with van der Waals surface area (Å²) in [4.78, 5) is 25.5. The highest BCUT2D eigenvalue weighted by atomic mass is 35.5. The van der Waals surface area contributed by atoms with E-state index in [2.05, 4.69) is 5.32 Å². The number of benzene rings is 1. The molecular formula is C16H21Cl2N3O2. The third kappa shape index (κ3) is 5.09. The van der Waals surface area contributed by atoms with Gasteiger partial charge in [0.2, 0.25) is 11.8 Å². The molecule has 3 N–H and O–H groups in total. The Hall–Kier alpha value is -1.30. The quantitative estimate of drug-likeness (QED) is 0.849. The second kappa shape index (κ2) is 7.99. The van der Waals surface area contributed by atoms with E-state index in [1.54, 1.807) is 18.2 Å². The van der Waals surface area contributed by atoms with Crippen LogP contribution in [0.4, 0.5) is 0 Å². The molecule has 1 aromatic carbocycles. The number of nitrogens with one attached hydrogen (secondary N) is 1. The van der Waals surface area contributed by atoms with Crippen LogP contribution in [0.1, 0.15) is 31.4 Å². The van der Waals surface area contributed by atoms with Gasteiger partial charge >= 0.3 is 0 Å². The first-order valence-corrected chi connectivity index (χ1v) is 8.38. The summed E-state index contributed by atoms with van der Waals surface area (Å²) in [5, 5.41) is 4.01. The summed E-state index contributed by atoms with van der Waals surface area (Å²) in [6.45, 7) is 3.46. The van der Waals surface area contributed by atoms with E-state index in [9.17, 15) is 9.59 Å². The molecule has 23 heavy (non-hydrogen) atoms. The third-order valence-corrected chi connectivity index (χ3v) is 4.64. The minimum absolute atomic E-state index is 0.103.